The molecule has 0 fully saturated rings. The summed E-state index contributed by atoms with van der Waals surface area (Å²) in [4.78, 5) is 0. The van der Waals surface area contributed by atoms with Gasteiger partial charge in [-0.1, -0.05) is 35.4 Å². The second kappa shape index (κ2) is 5.97. The van der Waals surface area contributed by atoms with Crippen LogP contribution in [0, 0.1) is 13.8 Å². The van der Waals surface area contributed by atoms with E-state index < -0.39 is 6.10 Å². The van der Waals surface area contributed by atoms with E-state index in [9.17, 15) is 5.11 Å². The van der Waals surface area contributed by atoms with Crippen molar-refractivity contribution in [2.45, 2.75) is 20.0 Å². The third kappa shape index (κ3) is 2.94. The van der Waals surface area contributed by atoms with Crippen molar-refractivity contribution in [2.24, 2.45) is 0 Å². The molecule has 0 aliphatic rings. The van der Waals surface area contributed by atoms with Gasteiger partial charge in [0.25, 0.3) is 0 Å². The van der Waals surface area contributed by atoms with E-state index in [2.05, 4.69) is 6.07 Å². The predicted molar refractivity (Wildman–Crippen MR) is 79.5 cm³/mol. The molecule has 3 heteroatoms. The van der Waals surface area contributed by atoms with Crippen LogP contribution in [0.15, 0.2) is 36.4 Å². The highest BCUT2D eigenvalue weighted by Gasteiger charge is 2.14. The number of methoxy groups -OCH3 is 2. The molecule has 0 amide bonds. The molecule has 20 heavy (non-hydrogen) atoms. The number of aliphatic hydroxyl groups excluding tert-OH is 1. The van der Waals surface area contributed by atoms with Gasteiger partial charge in [-0.05, 0) is 37.1 Å². The lowest BCUT2D eigenvalue weighted by Gasteiger charge is -2.15. The highest BCUT2D eigenvalue weighted by molar-refractivity contribution is 5.45. The molecular weight excluding hydrogens is 252 g/mol. The number of aryl methyl sites for hydroxylation is 2. The van der Waals surface area contributed by atoms with Gasteiger partial charge in [0.1, 0.15) is 6.10 Å². The maximum atomic E-state index is 10.5. The van der Waals surface area contributed by atoms with Crippen LogP contribution in [0.3, 0.4) is 0 Å². The van der Waals surface area contributed by atoms with Crippen LogP contribution in [0.5, 0.6) is 11.5 Å². The second-order valence-electron chi connectivity index (χ2n) is 4.94. The maximum Gasteiger partial charge on any atom is 0.161 e. The third-order valence-corrected chi connectivity index (χ3v) is 3.28. The van der Waals surface area contributed by atoms with Gasteiger partial charge in [0.15, 0.2) is 11.5 Å². The van der Waals surface area contributed by atoms with Crippen LogP contribution in [0.1, 0.15) is 28.4 Å². The van der Waals surface area contributed by atoms with Crippen molar-refractivity contribution in [2.75, 3.05) is 14.2 Å². The van der Waals surface area contributed by atoms with Crippen LogP contribution in [-0.4, -0.2) is 19.3 Å². The van der Waals surface area contributed by atoms with Gasteiger partial charge >= 0.3 is 0 Å². The summed E-state index contributed by atoms with van der Waals surface area (Å²) < 4.78 is 10.5. The Kier molecular flexibility index (Phi) is 4.30. The van der Waals surface area contributed by atoms with Gasteiger partial charge in [-0.3, -0.25) is 0 Å². The van der Waals surface area contributed by atoms with E-state index in [-0.39, 0.29) is 0 Å². The summed E-state index contributed by atoms with van der Waals surface area (Å²) in [5.41, 5.74) is 3.95. The van der Waals surface area contributed by atoms with E-state index in [1.807, 2.05) is 32.0 Å². The molecule has 0 aliphatic heterocycles. The smallest absolute Gasteiger partial charge is 0.161 e. The van der Waals surface area contributed by atoms with Gasteiger partial charge in [0.05, 0.1) is 14.2 Å². The molecule has 3 nitrogen and oxygen atoms in total. The number of hydrogen-bond acceptors (Lipinski definition) is 3. The normalized spacial score (nSPS) is 12.1. The fourth-order valence-electron chi connectivity index (χ4n) is 2.38. The fraction of sp³-hybridized carbons (Fsp3) is 0.294. The number of rotatable bonds is 4. The molecule has 0 bridgehead atoms. The Hall–Kier alpha value is -2.00. The average molecular weight is 272 g/mol. The third-order valence-electron chi connectivity index (χ3n) is 3.28. The fourth-order valence-corrected chi connectivity index (χ4v) is 2.38. The monoisotopic (exact) mass is 272 g/mol. The molecule has 1 N–H and O–H groups in total. The highest BCUT2D eigenvalue weighted by atomic mass is 16.5. The summed E-state index contributed by atoms with van der Waals surface area (Å²) in [6, 6.07) is 11.5. The van der Waals surface area contributed by atoms with Crippen LogP contribution in [0.25, 0.3) is 0 Å². The zero-order valence-electron chi connectivity index (χ0n) is 12.3. The lowest BCUT2D eigenvalue weighted by atomic mass is 9.98. The van der Waals surface area contributed by atoms with Crippen molar-refractivity contribution in [1.29, 1.82) is 0 Å². The summed E-state index contributed by atoms with van der Waals surface area (Å²) in [6.45, 7) is 4.05. The summed E-state index contributed by atoms with van der Waals surface area (Å²) in [6.07, 6.45) is -0.673. The molecule has 0 aromatic heterocycles. The predicted octanol–water partition coefficient (Wildman–Crippen LogP) is 3.40. The molecule has 2 rings (SSSR count). The Balaban J connectivity index is 2.39. The van der Waals surface area contributed by atoms with Crippen molar-refractivity contribution in [3.8, 4) is 11.5 Å². The van der Waals surface area contributed by atoms with E-state index in [4.69, 9.17) is 9.47 Å². The quantitative estimate of drug-likeness (QED) is 0.927. The SMILES string of the molecule is COc1ccc(C(O)c2cc(C)cc(C)c2)cc1OC. The van der Waals surface area contributed by atoms with Crippen LogP contribution in [0.4, 0.5) is 0 Å². The maximum absolute atomic E-state index is 10.5. The van der Waals surface area contributed by atoms with E-state index in [1.165, 1.54) is 0 Å². The van der Waals surface area contributed by atoms with Crippen molar-refractivity contribution >= 4 is 0 Å². The number of hydrogen-bond donors (Lipinski definition) is 1. The molecule has 1 atom stereocenters. The van der Waals surface area contributed by atoms with Crippen LogP contribution in [-0.2, 0) is 0 Å². The summed E-state index contributed by atoms with van der Waals surface area (Å²) in [7, 11) is 3.18. The Bertz CT molecular complexity index is 585. The Morgan fingerprint density at radius 1 is 0.800 bits per heavy atom. The van der Waals surface area contributed by atoms with Gasteiger partial charge in [-0.2, -0.15) is 0 Å². The van der Waals surface area contributed by atoms with Gasteiger partial charge in [0, 0.05) is 0 Å². The van der Waals surface area contributed by atoms with Gasteiger partial charge in [-0.25, -0.2) is 0 Å². The topological polar surface area (TPSA) is 38.7 Å². The van der Waals surface area contributed by atoms with Gasteiger partial charge < -0.3 is 14.6 Å². The lowest BCUT2D eigenvalue weighted by Crippen LogP contribution is -2.02. The minimum absolute atomic E-state index is 0.619. The molecule has 2 aromatic carbocycles. The molecule has 0 radical (unpaired) electrons. The van der Waals surface area contributed by atoms with Crippen LogP contribution < -0.4 is 9.47 Å². The second-order valence-corrected chi connectivity index (χ2v) is 4.94. The number of aliphatic hydroxyl groups is 1. The first-order chi connectivity index (χ1) is 9.55. The molecule has 0 saturated carbocycles. The van der Waals surface area contributed by atoms with Crippen molar-refractivity contribution < 1.29 is 14.6 Å². The standard InChI is InChI=1S/C17H20O3/c1-11-7-12(2)9-14(8-11)17(18)13-5-6-15(19-3)16(10-13)20-4/h5-10,17-18H,1-4H3. The first-order valence-electron chi connectivity index (χ1n) is 6.53. The number of benzene rings is 2. The van der Waals surface area contributed by atoms with Crippen molar-refractivity contribution in [1.82, 2.24) is 0 Å². The first kappa shape index (κ1) is 14.4. The van der Waals surface area contributed by atoms with Gasteiger partial charge in [-0.15, -0.1) is 0 Å². The number of ether oxygens (including phenoxy) is 2. The van der Waals surface area contributed by atoms with E-state index in [0.29, 0.717) is 11.5 Å². The Labute approximate surface area is 119 Å². The summed E-state index contributed by atoms with van der Waals surface area (Å²) in [5, 5.41) is 10.5. The Morgan fingerprint density at radius 2 is 1.40 bits per heavy atom. The van der Waals surface area contributed by atoms with Crippen LogP contribution in [0.2, 0.25) is 0 Å². The average Bonchev–Trinajstić information content (AvgIpc) is 2.44. The highest BCUT2D eigenvalue weighted by Crippen LogP contribution is 2.32. The molecule has 0 heterocycles. The van der Waals surface area contributed by atoms with Crippen LogP contribution >= 0.6 is 0 Å². The Morgan fingerprint density at radius 3 is 1.95 bits per heavy atom. The molecule has 1 unspecified atom stereocenters. The molecule has 0 spiro atoms. The zero-order valence-corrected chi connectivity index (χ0v) is 12.3. The molecule has 0 saturated heterocycles. The summed E-state index contributed by atoms with van der Waals surface area (Å²) >= 11 is 0. The largest absolute Gasteiger partial charge is 0.493 e. The van der Waals surface area contributed by atoms with E-state index in [0.717, 1.165) is 22.3 Å². The van der Waals surface area contributed by atoms with E-state index >= 15 is 0 Å². The minimum Gasteiger partial charge on any atom is -0.493 e. The van der Waals surface area contributed by atoms with Gasteiger partial charge in [0.2, 0.25) is 0 Å². The summed E-state index contributed by atoms with van der Waals surface area (Å²) in [5.74, 6) is 1.28. The van der Waals surface area contributed by atoms with Crippen molar-refractivity contribution in [3.05, 3.63) is 58.7 Å². The minimum atomic E-state index is -0.673. The first-order valence-corrected chi connectivity index (χ1v) is 6.53. The van der Waals surface area contributed by atoms with E-state index in [1.54, 1.807) is 26.4 Å². The zero-order chi connectivity index (χ0) is 14.7. The molecule has 2 aromatic rings. The lowest BCUT2D eigenvalue weighted by molar-refractivity contribution is 0.219. The molecule has 0 aliphatic carbocycles. The molecular formula is C17H20O3. The van der Waals surface area contributed by atoms with Crippen molar-refractivity contribution in [3.63, 3.8) is 0 Å². The molecule has 106 valence electrons.